The van der Waals surface area contributed by atoms with Crippen molar-refractivity contribution in [2.75, 3.05) is 21.8 Å². The Morgan fingerprint density at radius 1 is 1.20 bits per heavy atom. The number of halogens is 5. The number of hydrogen-bond donors (Lipinski definition) is 3. The Kier molecular flexibility index (Phi) is 7.38. The molecule has 0 amide bonds. The number of alkyl halides is 5. The fourth-order valence-electron chi connectivity index (χ4n) is 6.71. The summed E-state index contributed by atoms with van der Waals surface area (Å²) in [5.74, 6) is 2.25. The summed E-state index contributed by atoms with van der Waals surface area (Å²) in [6.07, 6.45) is 4.36. The van der Waals surface area contributed by atoms with Gasteiger partial charge in [-0.15, -0.1) is 0 Å². The van der Waals surface area contributed by atoms with Crippen LogP contribution in [0, 0.1) is 15.4 Å². The van der Waals surface area contributed by atoms with E-state index in [4.69, 9.17) is 5.73 Å². The molecule has 1 aromatic carbocycles. The van der Waals surface area contributed by atoms with Crippen LogP contribution in [0.1, 0.15) is 49.5 Å². The number of rotatable bonds is 8. The molecule has 7 rings (SSSR count). The van der Waals surface area contributed by atoms with Crippen LogP contribution in [0.2, 0.25) is 0 Å². The number of H-pyrrole nitrogens is 1. The van der Waals surface area contributed by atoms with Gasteiger partial charge in [-0.1, -0.05) is 0 Å². The van der Waals surface area contributed by atoms with Crippen molar-refractivity contribution in [2.45, 2.75) is 62.9 Å². The van der Waals surface area contributed by atoms with E-state index in [1.807, 2.05) is 12.3 Å². The molecule has 41 heavy (non-hydrogen) atoms. The number of aliphatic hydroxyl groups is 1. The van der Waals surface area contributed by atoms with E-state index < -0.39 is 33.7 Å². The number of hydrogen-bond acceptors (Lipinski definition) is 6. The van der Waals surface area contributed by atoms with Crippen LogP contribution in [0.5, 0.6) is 0 Å². The van der Waals surface area contributed by atoms with Crippen molar-refractivity contribution in [1.82, 2.24) is 29.4 Å². The van der Waals surface area contributed by atoms with Crippen molar-refractivity contribution in [1.29, 1.82) is 0 Å². The van der Waals surface area contributed by atoms with Gasteiger partial charge in [0.05, 0.1) is 17.5 Å². The molecule has 13 heteroatoms. The molecule has 0 radical (unpaired) electrons. The first kappa shape index (κ1) is 28.1. The van der Waals surface area contributed by atoms with E-state index in [0.29, 0.717) is 38.3 Å². The SMILES string of the molecule is CN(C[C@@H]1C[C@@H](O)[C@H](n2ccc3c(N)ncnc32)C1)C1CC(CCc2nc3cc(I4C[I-]4)c(C(F)(F)F)cc3[nH]2)C1. The van der Waals surface area contributed by atoms with Crippen molar-refractivity contribution >= 4 is 43.7 Å². The third-order valence-corrected chi connectivity index (χ3v) is 23.0. The van der Waals surface area contributed by atoms with Gasteiger partial charge in [0, 0.05) is 6.20 Å². The molecule has 0 unspecified atom stereocenters. The summed E-state index contributed by atoms with van der Waals surface area (Å²) in [5, 5.41) is 11.7. The van der Waals surface area contributed by atoms with Crippen LogP contribution in [0.15, 0.2) is 30.7 Å². The van der Waals surface area contributed by atoms with Crippen LogP contribution in [-0.4, -0.2) is 62.7 Å². The predicted octanol–water partition coefficient (Wildman–Crippen LogP) is 2.21. The van der Waals surface area contributed by atoms with Crippen molar-refractivity contribution < 1.29 is 35.5 Å². The van der Waals surface area contributed by atoms with Crippen LogP contribution in [0.3, 0.4) is 0 Å². The van der Waals surface area contributed by atoms with Gasteiger partial charge >= 0.3 is 159 Å². The van der Waals surface area contributed by atoms with Crippen LogP contribution >= 0.6 is 15.8 Å². The Morgan fingerprint density at radius 2 is 2.00 bits per heavy atom. The quantitative estimate of drug-likeness (QED) is 0.187. The van der Waals surface area contributed by atoms with E-state index in [1.54, 1.807) is 6.07 Å². The summed E-state index contributed by atoms with van der Waals surface area (Å²) in [6.45, 7) is 0.946. The van der Waals surface area contributed by atoms with E-state index in [-0.39, 0.29) is 23.3 Å². The predicted molar refractivity (Wildman–Crippen MR) is 156 cm³/mol. The minimum atomic E-state index is -4.29. The molecule has 2 saturated carbocycles. The molecule has 3 aliphatic rings. The van der Waals surface area contributed by atoms with Crippen LogP contribution in [-0.2, 0) is 12.6 Å². The maximum absolute atomic E-state index is 13.7. The molecule has 2 aliphatic carbocycles. The first-order valence-corrected chi connectivity index (χ1v) is 24.4. The summed E-state index contributed by atoms with van der Waals surface area (Å²) < 4.78 is 44.7. The molecule has 222 valence electrons. The van der Waals surface area contributed by atoms with Gasteiger partial charge < -0.3 is 15.4 Å². The second-order valence-corrected chi connectivity index (χ2v) is 30.1. The number of nitrogens with one attached hydrogen (secondary N) is 1. The Bertz CT molecular complexity index is 1580. The standard InChI is InChI=1S/C28H33F3I2N7O/c1-39(12-16-8-23(24(41)9-16)40-5-4-18-26(34)35-14-36-27(18)40)17-6-15(7-17)2-3-25-37-21-10-19(28(29,30)31)20(33-13-32-33)11-22(21)38-25/h4-5,10-11,14-17,23-24,41H,2-3,6-9,12-13H2,1H3,(H,37,38)(H2,34,35,36)/q-1/t15?,16-,17?,23+,24+/m0/s1. The van der Waals surface area contributed by atoms with Gasteiger partial charge in [-0.05, 0) is 24.8 Å². The minimum absolute atomic E-state index is 0.0185. The zero-order valence-electron chi connectivity index (χ0n) is 22.6. The van der Waals surface area contributed by atoms with Gasteiger partial charge in [0.2, 0.25) is 0 Å². The summed E-state index contributed by atoms with van der Waals surface area (Å²) in [5.41, 5.74) is 7.56. The first-order valence-electron chi connectivity index (χ1n) is 13.9. The van der Waals surface area contributed by atoms with Crippen molar-refractivity contribution in [3.05, 3.63) is 45.7 Å². The van der Waals surface area contributed by atoms with E-state index >= 15 is 0 Å². The zero-order chi connectivity index (χ0) is 28.5. The summed E-state index contributed by atoms with van der Waals surface area (Å²) in [6, 6.07) is 5.48. The Morgan fingerprint density at radius 3 is 2.76 bits per heavy atom. The van der Waals surface area contributed by atoms with E-state index in [2.05, 4.69) is 36.5 Å². The summed E-state index contributed by atoms with van der Waals surface area (Å²) in [4.78, 5) is 18.8. The van der Waals surface area contributed by atoms with Crippen molar-refractivity contribution in [3.63, 3.8) is 0 Å². The average molecular weight is 794 g/mol. The van der Waals surface area contributed by atoms with Crippen molar-refractivity contribution in [3.8, 4) is 0 Å². The normalized spacial score (nSPS) is 27.5. The molecule has 4 N–H and O–H groups in total. The molecule has 3 fully saturated rings. The fraction of sp³-hybridized carbons (Fsp3) is 0.536. The van der Waals surface area contributed by atoms with E-state index in [1.165, 1.54) is 12.4 Å². The number of anilines is 1. The third kappa shape index (κ3) is 5.55. The monoisotopic (exact) mass is 794 g/mol. The maximum atomic E-state index is 13.7. The summed E-state index contributed by atoms with van der Waals surface area (Å²) in [7, 11) is 2.18. The topological polar surface area (TPSA) is 109 Å². The number of imidazole rings is 1. The molecule has 3 atom stereocenters. The van der Waals surface area contributed by atoms with Gasteiger partial charge in [0.1, 0.15) is 17.8 Å². The number of fused-ring (bicyclic) bond motifs is 2. The second-order valence-electron chi connectivity index (χ2n) is 11.7. The van der Waals surface area contributed by atoms with Crippen LogP contribution < -0.4 is 23.0 Å². The Labute approximate surface area is 249 Å². The molecule has 4 heterocycles. The van der Waals surface area contributed by atoms with Crippen LogP contribution in [0.25, 0.3) is 22.1 Å². The first-order chi connectivity index (χ1) is 19.6. The molecule has 1 saturated heterocycles. The van der Waals surface area contributed by atoms with Gasteiger partial charge in [0.15, 0.2) is 0 Å². The Balaban J connectivity index is 0.918. The van der Waals surface area contributed by atoms with Crippen LogP contribution in [0.4, 0.5) is 19.0 Å². The fourth-order valence-corrected chi connectivity index (χ4v) is 21.2. The van der Waals surface area contributed by atoms with Crippen molar-refractivity contribution in [2.24, 2.45) is 11.8 Å². The Hall–Kier alpha value is -1.72. The molecule has 8 nitrogen and oxygen atoms in total. The molecule has 4 aromatic rings. The average Bonchev–Trinajstić information content (AvgIpc) is 3.36. The van der Waals surface area contributed by atoms with Gasteiger partial charge in [-0.2, -0.15) is 0 Å². The molecule has 3 aromatic heterocycles. The van der Waals surface area contributed by atoms with Gasteiger partial charge in [-0.3, -0.25) is 0 Å². The zero-order valence-corrected chi connectivity index (χ0v) is 26.9. The van der Waals surface area contributed by atoms with E-state index in [0.717, 1.165) is 64.4 Å². The van der Waals surface area contributed by atoms with Gasteiger partial charge in [-0.25, -0.2) is 9.97 Å². The van der Waals surface area contributed by atoms with Gasteiger partial charge in [0.25, 0.3) is 0 Å². The molecule has 1 aliphatic heterocycles. The molecule has 0 bridgehead atoms. The number of aromatic amines is 1. The second kappa shape index (κ2) is 10.8. The number of benzene rings is 1. The number of aryl methyl sites for hydroxylation is 1. The molecular weight excluding hydrogens is 761 g/mol. The number of aromatic nitrogens is 5. The number of nitrogens with two attached hydrogens (primary N) is 1. The number of nitrogen functional groups attached to an aromatic ring is 1. The number of aliphatic hydroxyl groups excluding tert-OH is 1. The molecule has 0 spiro atoms. The van der Waals surface area contributed by atoms with E-state index in [9.17, 15) is 18.3 Å². The summed E-state index contributed by atoms with van der Waals surface area (Å²) >= 11 is -1.46. The third-order valence-electron chi connectivity index (χ3n) is 9.01. The molecular formula is C28H33F3I2N7O-. The number of nitrogens with zero attached hydrogens (tertiary/aromatic N) is 5.